The number of carbonyl (C=O) groups excluding carboxylic acids is 2. The van der Waals surface area contributed by atoms with Crippen molar-refractivity contribution in [3.63, 3.8) is 0 Å². The van der Waals surface area contributed by atoms with E-state index in [4.69, 9.17) is 18.9 Å². The molecule has 2 aliphatic rings. The number of nitrogens with zero attached hydrogens (tertiary/aromatic N) is 2. The van der Waals surface area contributed by atoms with E-state index in [2.05, 4.69) is 11.4 Å². The topological polar surface area (TPSA) is 77.5 Å². The maximum atomic E-state index is 13.8. The minimum atomic E-state index is -0.247. The number of hydrogen-bond donors (Lipinski definition) is 0. The third kappa shape index (κ3) is 5.29. The number of benzene rings is 2. The fraction of sp³-hybridized carbons (Fsp3) is 0.379. The molecule has 5 rings (SSSR count). The summed E-state index contributed by atoms with van der Waals surface area (Å²) in [5, 5.41) is 2.06. The molecule has 2 aromatic carbocycles. The monoisotopic (exact) mass is 536 g/mol. The van der Waals surface area contributed by atoms with Crippen LogP contribution in [0.5, 0.6) is 23.0 Å². The van der Waals surface area contributed by atoms with Crippen molar-refractivity contribution in [2.45, 2.75) is 38.8 Å². The predicted molar refractivity (Wildman–Crippen MR) is 144 cm³/mol. The number of rotatable bonds is 9. The molecule has 0 saturated carbocycles. The molecular weight excluding hydrogens is 504 g/mol. The number of methoxy groups -OCH3 is 1. The molecule has 38 heavy (non-hydrogen) atoms. The van der Waals surface area contributed by atoms with Gasteiger partial charge in [-0.15, -0.1) is 11.3 Å². The lowest BCUT2D eigenvalue weighted by Crippen LogP contribution is -2.49. The molecule has 0 N–H and O–H groups in total. The Hall–Kier alpha value is -3.72. The van der Waals surface area contributed by atoms with E-state index in [-0.39, 0.29) is 37.2 Å². The predicted octanol–water partition coefficient (Wildman–Crippen LogP) is 4.93. The van der Waals surface area contributed by atoms with E-state index in [1.165, 1.54) is 4.88 Å². The molecule has 1 aromatic heterocycles. The van der Waals surface area contributed by atoms with Gasteiger partial charge < -0.3 is 28.7 Å². The lowest BCUT2D eigenvalue weighted by Gasteiger charge is -2.38. The van der Waals surface area contributed by atoms with Crippen LogP contribution in [0.3, 0.4) is 0 Å². The van der Waals surface area contributed by atoms with Gasteiger partial charge in [-0.25, -0.2) is 0 Å². The van der Waals surface area contributed by atoms with Gasteiger partial charge in [-0.05, 0) is 67.1 Å². The zero-order valence-electron chi connectivity index (χ0n) is 21.8. The number of amides is 2. The fourth-order valence-electron chi connectivity index (χ4n) is 4.82. The van der Waals surface area contributed by atoms with Crippen molar-refractivity contribution < 1.29 is 28.5 Å². The molecule has 2 aliphatic heterocycles. The zero-order valence-corrected chi connectivity index (χ0v) is 22.7. The van der Waals surface area contributed by atoms with E-state index in [0.717, 1.165) is 18.4 Å². The lowest BCUT2D eigenvalue weighted by molar-refractivity contribution is -0.136. The SMILES string of the molecule is CC[C@H](C)N(CC(=O)N1CCc2sccc2[C@@H]1COc1cccc(OC)c1)C(=O)c1ccc2c(c1)OCO2. The molecule has 0 fully saturated rings. The van der Waals surface area contributed by atoms with Crippen LogP contribution in [-0.4, -0.2) is 61.3 Å². The molecular formula is C29H32N2O6S. The Morgan fingerprint density at radius 1 is 1.13 bits per heavy atom. The Bertz CT molecular complexity index is 1310. The Kier molecular flexibility index (Phi) is 7.74. The maximum Gasteiger partial charge on any atom is 0.254 e. The molecule has 8 nitrogen and oxygen atoms in total. The molecule has 0 bridgehead atoms. The quantitative estimate of drug-likeness (QED) is 0.386. The first kappa shape index (κ1) is 25.9. The van der Waals surface area contributed by atoms with Crippen LogP contribution in [0.4, 0.5) is 0 Å². The van der Waals surface area contributed by atoms with Gasteiger partial charge in [0.05, 0.1) is 13.2 Å². The zero-order chi connectivity index (χ0) is 26.6. The lowest BCUT2D eigenvalue weighted by atomic mass is 10.00. The Morgan fingerprint density at radius 2 is 1.95 bits per heavy atom. The van der Waals surface area contributed by atoms with Crippen molar-refractivity contribution in [1.29, 1.82) is 0 Å². The normalized spacial score (nSPS) is 16.5. The van der Waals surface area contributed by atoms with Gasteiger partial charge in [-0.2, -0.15) is 0 Å². The van der Waals surface area contributed by atoms with Crippen LogP contribution in [0.25, 0.3) is 0 Å². The molecule has 200 valence electrons. The van der Waals surface area contributed by atoms with E-state index < -0.39 is 0 Å². The van der Waals surface area contributed by atoms with Gasteiger partial charge in [0.25, 0.3) is 5.91 Å². The van der Waals surface area contributed by atoms with E-state index in [1.807, 2.05) is 43.0 Å². The first-order chi connectivity index (χ1) is 18.5. The highest BCUT2D eigenvalue weighted by Gasteiger charge is 2.34. The number of hydrogen-bond acceptors (Lipinski definition) is 7. The van der Waals surface area contributed by atoms with Crippen LogP contribution in [0.1, 0.15) is 47.1 Å². The van der Waals surface area contributed by atoms with Crippen LogP contribution < -0.4 is 18.9 Å². The summed E-state index contributed by atoms with van der Waals surface area (Å²) in [7, 11) is 1.62. The van der Waals surface area contributed by atoms with Crippen LogP contribution in [0, 0.1) is 0 Å². The second-order valence-corrected chi connectivity index (χ2v) is 10.4. The smallest absolute Gasteiger partial charge is 0.254 e. The summed E-state index contributed by atoms with van der Waals surface area (Å²) < 4.78 is 22.3. The Labute approximate surface area is 226 Å². The average molecular weight is 537 g/mol. The van der Waals surface area contributed by atoms with Gasteiger partial charge in [-0.3, -0.25) is 9.59 Å². The van der Waals surface area contributed by atoms with Crippen LogP contribution in [-0.2, 0) is 11.2 Å². The van der Waals surface area contributed by atoms with E-state index >= 15 is 0 Å². The molecule has 3 heterocycles. The highest BCUT2D eigenvalue weighted by atomic mass is 32.1. The number of ether oxygens (including phenoxy) is 4. The van der Waals surface area contributed by atoms with Crippen LogP contribution >= 0.6 is 11.3 Å². The minimum absolute atomic E-state index is 0.0165. The van der Waals surface area contributed by atoms with Gasteiger partial charge in [-0.1, -0.05) is 13.0 Å². The summed E-state index contributed by atoms with van der Waals surface area (Å²) in [5.41, 5.74) is 1.58. The van der Waals surface area contributed by atoms with E-state index in [1.54, 1.807) is 41.5 Å². The third-order valence-corrected chi connectivity index (χ3v) is 8.17. The Morgan fingerprint density at radius 3 is 2.76 bits per heavy atom. The van der Waals surface area contributed by atoms with Crippen molar-refractivity contribution in [3.8, 4) is 23.0 Å². The fourth-order valence-corrected chi connectivity index (χ4v) is 5.75. The first-order valence-corrected chi connectivity index (χ1v) is 13.7. The summed E-state index contributed by atoms with van der Waals surface area (Å²) in [6, 6.07) is 14.3. The number of carbonyl (C=O) groups is 2. The number of fused-ring (bicyclic) bond motifs is 2. The van der Waals surface area contributed by atoms with Gasteiger partial charge in [0.2, 0.25) is 12.7 Å². The second-order valence-electron chi connectivity index (χ2n) is 9.40. The minimum Gasteiger partial charge on any atom is -0.497 e. The molecule has 0 aliphatic carbocycles. The first-order valence-electron chi connectivity index (χ1n) is 12.8. The van der Waals surface area contributed by atoms with Crippen molar-refractivity contribution in [3.05, 3.63) is 69.9 Å². The Balaban J connectivity index is 1.35. The summed E-state index contributed by atoms with van der Waals surface area (Å²) in [6.07, 6.45) is 1.51. The summed E-state index contributed by atoms with van der Waals surface area (Å²) >= 11 is 1.70. The summed E-state index contributed by atoms with van der Waals surface area (Å²) in [5.74, 6) is 2.24. The molecule has 0 saturated heterocycles. The molecule has 9 heteroatoms. The molecule has 3 aromatic rings. The highest BCUT2D eigenvalue weighted by molar-refractivity contribution is 7.10. The van der Waals surface area contributed by atoms with Gasteiger partial charge in [0.1, 0.15) is 24.7 Å². The van der Waals surface area contributed by atoms with Gasteiger partial charge in [0.15, 0.2) is 11.5 Å². The van der Waals surface area contributed by atoms with Crippen molar-refractivity contribution >= 4 is 23.2 Å². The van der Waals surface area contributed by atoms with E-state index in [0.29, 0.717) is 41.7 Å². The summed E-state index contributed by atoms with van der Waals surface area (Å²) in [6.45, 7) is 4.98. The largest absolute Gasteiger partial charge is 0.497 e. The standard InChI is InChI=1S/C29H32N2O6S/c1-4-19(2)31(29(33)20-8-9-25-26(14-20)37-18-36-25)16-28(32)30-12-10-27-23(11-13-38-27)24(30)17-35-22-7-5-6-21(15-22)34-3/h5-9,11,13-15,19,24H,4,10,12,16-18H2,1-3H3/t19-,24-/m0/s1. The third-order valence-electron chi connectivity index (χ3n) is 7.17. The maximum absolute atomic E-state index is 13.8. The second kappa shape index (κ2) is 11.3. The molecule has 0 spiro atoms. The van der Waals surface area contributed by atoms with Gasteiger partial charge in [0, 0.05) is 29.1 Å². The average Bonchev–Trinajstić information content (AvgIpc) is 3.63. The van der Waals surface area contributed by atoms with Crippen molar-refractivity contribution in [2.24, 2.45) is 0 Å². The van der Waals surface area contributed by atoms with Crippen molar-refractivity contribution in [1.82, 2.24) is 9.80 Å². The van der Waals surface area contributed by atoms with E-state index in [9.17, 15) is 9.59 Å². The van der Waals surface area contributed by atoms with Crippen LogP contribution in [0.15, 0.2) is 53.9 Å². The molecule has 0 radical (unpaired) electrons. The van der Waals surface area contributed by atoms with Crippen molar-refractivity contribution in [2.75, 3.05) is 33.6 Å². The van der Waals surface area contributed by atoms with Crippen LogP contribution in [0.2, 0.25) is 0 Å². The summed E-state index contributed by atoms with van der Waals surface area (Å²) in [4.78, 5) is 32.2. The highest BCUT2D eigenvalue weighted by Crippen LogP contribution is 2.35. The molecule has 2 atom stereocenters. The number of thiophene rings is 1. The molecule has 2 amide bonds. The van der Waals surface area contributed by atoms with Gasteiger partial charge >= 0.3 is 0 Å². The molecule has 0 unspecified atom stereocenters.